The predicted molar refractivity (Wildman–Crippen MR) is 64.5 cm³/mol. The number of aliphatic hydroxyl groups is 1. The number of carbonyl (C=O) groups excluding carboxylic acids is 1. The Labute approximate surface area is 101 Å². The van der Waals surface area contributed by atoms with Crippen molar-refractivity contribution in [1.82, 2.24) is 0 Å². The van der Waals surface area contributed by atoms with E-state index in [1.807, 2.05) is 19.1 Å². The van der Waals surface area contributed by atoms with Crippen LogP contribution in [0.3, 0.4) is 0 Å². The maximum Gasteiger partial charge on any atom is 0.253 e. The largest absolute Gasteiger partial charge is 0.392 e. The van der Waals surface area contributed by atoms with Gasteiger partial charge < -0.3 is 15.2 Å². The lowest BCUT2D eigenvalue weighted by molar-refractivity contribution is -0.126. The molecule has 4 nitrogen and oxygen atoms in total. The van der Waals surface area contributed by atoms with Crippen LogP contribution >= 0.6 is 0 Å². The molecule has 0 spiro atoms. The normalized spacial score (nSPS) is 23.6. The van der Waals surface area contributed by atoms with Crippen molar-refractivity contribution in [2.45, 2.75) is 26.1 Å². The van der Waals surface area contributed by atoms with E-state index < -0.39 is 0 Å². The fraction of sp³-hybridized carbons (Fsp3) is 0.462. The van der Waals surface area contributed by atoms with Gasteiger partial charge in [-0.05, 0) is 18.4 Å². The summed E-state index contributed by atoms with van der Waals surface area (Å²) in [4.78, 5) is 12.0. The number of amides is 1. The molecule has 0 bridgehead atoms. The molecule has 2 unspecified atom stereocenters. The lowest BCUT2D eigenvalue weighted by atomic mass is 10.0. The maximum atomic E-state index is 12.0. The molecule has 0 radical (unpaired) electrons. The van der Waals surface area contributed by atoms with Crippen LogP contribution in [0.25, 0.3) is 0 Å². The molecule has 1 aliphatic heterocycles. The number of para-hydroxylation sites is 1. The minimum atomic E-state index is -0.373. The third-order valence-corrected chi connectivity index (χ3v) is 3.09. The Bertz CT molecular complexity index is 405. The first-order valence-electron chi connectivity index (χ1n) is 5.83. The van der Waals surface area contributed by atoms with Gasteiger partial charge in [0.1, 0.15) is 6.10 Å². The van der Waals surface area contributed by atoms with Crippen molar-refractivity contribution in [1.29, 1.82) is 0 Å². The van der Waals surface area contributed by atoms with E-state index in [1.165, 1.54) is 0 Å². The number of anilines is 1. The molecule has 0 aromatic heterocycles. The third kappa shape index (κ3) is 2.65. The standard InChI is InChI=1S/C13H17NO3/c1-9-6-7-17-12(9)13(16)14-11-5-3-2-4-10(11)8-15/h2-5,9,12,15H,6-8H2,1H3,(H,14,16). The van der Waals surface area contributed by atoms with Gasteiger partial charge in [-0.2, -0.15) is 0 Å². The summed E-state index contributed by atoms with van der Waals surface area (Å²) in [7, 11) is 0. The van der Waals surface area contributed by atoms with Gasteiger partial charge in [-0.3, -0.25) is 4.79 Å². The summed E-state index contributed by atoms with van der Waals surface area (Å²) in [5.74, 6) is 0.118. The average Bonchev–Trinajstić information content (AvgIpc) is 2.76. The van der Waals surface area contributed by atoms with Gasteiger partial charge in [0, 0.05) is 17.9 Å². The molecule has 4 heteroatoms. The van der Waals surface area contributed by atoms with Crippen LogP contribution in [0.15, 0.2) is 24.3 Å². The Hall–Kier alpha value is -1.39. The molecule has 17 heavy (non-hydrogen) atoms. The van der Waals surface area contributed by atoms with Crippen LogP contribution < -0.4 is 5.32 Å². The summed E-state index contributed by atoms with van der Waals surface area (Å²) in [6.45, 7) is 2.56. The quantitative estimate of drug-likeness (QED) is 0.835. The van der Waals surface area contributed by atoms with Crippen LogP contribution in [-0.4, -0.2) is 23.7 Å². The van der Waals surface area contributed by atoms with Crippen LogP contribution in [0.4, 0.5) is 5.69 Å². The van der Waals surface area contributed by atoms with Crippen molar-refractivity contribution in [3.8, 4) is 0 Å². The van der Waals surface area contributed by atoms with Gasteiger partial charge in [-0.15, -0.1) is 0 Å². The number of carbonyl (C=O) groups is 1. The molecule has 1 aromatic carbocycles. The van der Waals surface area contributed by atoms with Gasteiger partial charge in [0.05, 0.1) is 6.61 Å². The number of hydrogen-bond donors (Lipinski definition) is 2. The zero-order valence-corrected chi connectivity index (χ0v) is 9.85. The van der Waals surface area contributed by atoms with E-state index in [-0.39, 0.29) is 24.5 Å². The molecule has 2 rings (SSSR count). The first kappa shape index (κ1) is 12.1. The second-order valence-corrected chi connectivity index (χ2v) is 4.36. The van der Waals surface area contributed by atoms with Crippen molar-refractivity contribution in [3.63, 3.8) is 0 Å². The molecular formula is C13H17NO3. The average molecular weight is 235 g/mol. The molecule has 1 fully saturated rings. The van der Waals surface area contributed by atoms with Crippen LogP contribution in [-0.2, 0) is 16.1 Å². The number of rotatable bonds is 3. The molecule has 2 atom stereocenters. The van der Waals surface area contributed by atoms with E-state index >= 15 is 0 Å². The zero-order valence-electron chi connectivity index (χ0n) is 9.85. The third-order valence-electron chi connectivity index (χ3n) is 3.09. The van der Waals surface area contributed by atoms with Gasteiger partial charge in [-0.25, -0.2) is 0 Å². The zero-order chi connectivity index (χ0) is 12.3. The van der Waals surface area contributed by atoms with E-state index in [2.05, 4.69) is 5.32 Å². The van der Waals surface area contributed by atoms with E-state index in [1.54, 1.807) is 12.1 Å². The fourth-order valence-electron chi connectivity index (χ4n) is 2.01. The van der Waals surface area contributed by atoms with Gasteiger partial charge in [0.25, 0.3) is 5.91 Å². The molecule has 0 saturated carbocycles. The van der Waals surface area contributed by atoms with Crippen LogP contribution in [0.2, 0.25) is 0 Å². The summed E-state index contributed by atoms with van der Waals surface area (Å²) >= 11 is 0. The smallest absolute Gasteiger partial charge is 0.253 e. The second-order valence-electron chi connectivity index (χ2n) is 4.36. The molecule has 0 aliphatic carbocycles. The first-order chi connectivity index (χ1) is 8.22. The van der Waals surface area contributed by atoms with E-state index in [0.29, 0.717) is 17.9 Å². The highest BCUT2D eigenvalue weighted by Crippen LogP contribution is 2.22. The molecule has 1 saturated heterocycles. The van der Waals surface area contributed by atoms with E-state index in [0.717, 1.165) is 6.42 Å². The van der Waals surface area contributed by atoms with Crippen LogP contribution in [0.1, 0.15) is 18.9 Å². The Balaban J connectivity index is 2.07. The Morgan fingerprint density at radius 3 is 2.94 bits per heavy atom. The molecule has 1 aliphatic rings. The van der Waals surface area contributed by atoms with Crippen molar-refractivity contribution >= 4 is 11.6 Å². The minimum Gasteiger partial charge on any atom is -0.392 e. The Kier molecular flexibility index (Phi) is 3.76. The molecule has 92 valence electrons. The highest BCUT2D eigenvalue weighted by molar-refractivity contribution is 5.95. The van der Waals surface area contributed by atoms with E-state index in [9.17, 15) is 4.79 Å². The highest BCUT2D eigenvalue weighted by atomic mass is 16.5. The van der Waals surface area contributed by atoms with Crippen molar-refractivity contribution in [2.75, 3.05) is 11.9 Å². The van der Waals surface area contributed by atoms with Gasteiger partial charge in [0.2, 0.25) is 0 Å². The maximum absolute atomic E-state index is 12.0. The van der Waals surface area contributed by atoms with Gasteiger partial charge in [0.15, 0.2) is 0 Å². The van der Waals surface area contributed by atoms with Crippen molar-refractivity contribution in [3.05, 3.63) is 29.8 Å². The molecular weight excluding hydrogens is 218 g/mol. The summed E-state index contributed by atoms with van der Waals surface area (Å²) < 4.78 is 5.40. The number of nitrogens with one attached hydrogen (secondary N) is 1. The molecule has 1 heterocycles. The molecule has 1 aromatic rings. The minimum absolute atomic E-state index is 0.0858. The predicted octanol–water partition coefficient (Wildman–Crippen LogP) is 1.54. The molecule has 2 N–H and O–H groups in total. The second kappa shape index (κ2) is 5.29. The van der Waals surface area contributed by atoms with Crippen molar-refractivity contribution in [2.24, 2.45) is 5.92 Å². The highest BCUT2D eigenvalue weighted by Gasteiger charge is 2.31. The first-order valence-corrected chi connectivity index (χ1v) is 5.83. The summed E-state index contributed by atoms with van der Waals surface area (Å²) in [6.07, 6.45) is 0.543. The summed E-state index contributed by atoms with van der Waals surface area (Å²) in [5, 5.41) is 12.0. The number of hydrogen-bond acceptors (Lipinski definition) is 3. The Morgan fingerprint density at radius 2 is 2.29 bits per heavy atom. The number of benzene rings is 1. The summed E-state index contributed by atoms with van der Waals surface area (Å²) in [5.41, 5.74) is 1.37. The molecule has 1 amide bonds. The monoisotopic (exact) mass is 235 g/mol. The van der Waals surface area contributed by atoms with Gasteiger partial charge >= 0.3 is 0 Å². The lowest BCUT2D eigenvalue weighted by Crippen LogP contribution is -2.31. The number of aliphatic hydroxyl groups excluding tert-OH is 1. The van der Waals surface area contributed by atoms with Crippen LogP contribution in [0, 0.1) is 5.92 Å². The lowest BCUT2D eigenvalue weighted by Gasteiger charge is -2.15. The topological polar surface area (TPSA) is 58.6 Å². The Morgan fingerprint density at radius 1 is 1.53 bits per heavy atom. The van der Waals surface area contributed by atoms with Crippen LogP contribution in [0.5, 0.6) is 0 Å². The number of ether oxygens (including phenoxy) is 1. The van der Waals surface area contributed by atoms with E-state index in [4.69, 9.17) is 9.84 Å². The van der Waals surface area contributed by atoms with Crippen molar-refractivity contribution < 1.29 is 14.6 Å². The SMILES string of the molecule is CC1CCOC1C(=O)Nc1ccccc1CO. The summed E-state index contributed by atoms with van der Waals surface area (Å²) in [6, 6.07) is 7.22. The van der Waals surface area contributed by atoms with Gasteiger partial charge in [-0.1, -0.05) is 25.1 Å². The fourth-order valence-corrected chi connectivity index (χ4v) is 2.01.